The van der Waals surface area contributed by atoms with Gasteiger partial charge in [-0.15, -0.1) is 11.3 Å². The van der Waals surface area contributed by atoms with Crippen molar-refractivity contribution >= 4 is 40.7 Å². The van der Waals surface area contributed by atoms with Crippen molar-refractivity contribution in [2.24, 2.45) is 4.99 Å². The fourth-order valence-electron chi connectivity index (χ4n) is 3.60. The summed E-state index contributed by atoms with van der Waals surface area (Å²) in [7, 11) is 2.73. The maximum absolute atomic E-state index is 13.5. The standard InChI is InChI=1S/C23H20N2O6S2/c1-12-19(22(28)30-4)20(14-7-8-16(31-13(2)26)17(10-14)29-3)25-21(27)18(33-23(25)24-12)11-15-6-5-9-32-15/h5-11,20H,1-4H3/b18-11+/t20-/m0/s1. The number of benzene rings is 1. The highest BCUT2D eigenvalue weighted by atomic mass is 32.1. The average Bonchev–Trinajstić information content (AvgIpc) is 3.40. The van der Waals surface area contributed by atoms with Crippen LogP contribution in [0.1, 0.15) is 30.3 Å². The second-order valence-corrected chi connectivity index (χ2v) is 9.08. The summed E-state index contributed by atoms with van der Waals surface area (Å²) in [5.41, 5.74) is 1.02. The van der Waals surface area contributed by atoms with E-state index in [2.05, 4.69) is 4.99 Å². The van der Waals surface area contributed by atoms with Gasteiger partial charge in [0.25, 0.3) is 5.56 Å². The fraction of sp³-hybridized carbons (Fsp3) is 0.217. The predicted octanol–water partition coefficient (Wildman–Crippen LogP) is 2.40. The van der Waals surface area contributed by atoms with Gasteiger partial charge in [-0.1, -0.05) is 23.5 Å². The number of ether oxygens (including phenoxy) is 3. The van der Waals surface area contributed by atoms with Crippen molar-refractivity contribution < 1.29 is 23.8 Å². The van der Waals surface area contributed by atoms with Crippen LogP contribution in [0.2, 0.25) is 0 Å². The molecular formula is C23H20N2O6S2. The molecule has 2 aromatic heterocycles. The molecule has 3 heterocycles. The molecule has 0 saturated heterocycles. The first kappa shape index (κ1) is 22.7. The fourth-order valence-corrected chi connectivity index (χ4v) is 5.37. The number of hydrogen-bond acceptors (Lipinski definition) is 9. The highest BCUT2D eigenvalue weighted by Gasteiger charge is 2.33. The molecule has 0 N–H and O–H groups in total. The van der Waals surface area contributed by atoms with Crippen molar-refractivity contribution in [2.75, 3.05) is 14.2 Å². The van der Waals surface area contributed by atoms with Crippen LogP contribution in [-0.2, 0) is 14.3 Å². The first-order valence-electron chi connectivity index (χ1n) is 9.84. The van der Waals surface area contributed by atoms with E-state index in [0.717, 1.165) is 4.88 Å². The molecule has 1 aromatic carbocycles. The molecule has 0 amide bonds. The van der Waals surface area contributed by atoms with E-state index >= 15 is 0 Å². The largest absolute Gasteiger partial charge is 0.493 e. The third-order valence-electron chi connectivity index (χ3n) is 5.00. The van der Waals surface area contributed by atoms with Crippen molar-refractivity contribution in [1.29, 1.82) is 0 Å². The summed E-state index contributed by atoms with van der Waals surface area (Å²) in [6.45, 7) is 3.00. The van der Waals surface area contributed by atoms with E-state index in [0.29, 0.717) is 26.3 Å². The molecule has 10 heteroatoms. The number of carbonyl (C=O) groups excluding carboxylic acids is 2. The number of aromatic nitrogens is 1. The zero-order chi connectivity index (χ0) is 23.7. The summed E-state index contributed by atoms with van der Waals surface area (Å²) in [6.07, 6.45) is 1.81. The van der Waals surface area contributed by atoms with Crippen LogP contribution >= 0.6 is 22.7 Å². The first-order valence-corrected chi connectivity index (χ1v) is 11.5. The summed E-state index contributed by atoms with van der Waals surface area (Å²) < 4.78 is 17.6. The van der Waals surface area contributed by atoms with E-state index in [-0.39, 0.29) is 16.9 Å². The zero-order valence-corrected chi connectivity index (χ0v) is 19.9. The Balaban J connectivity index is 1.96. The van der Waals surface area contributed by atoms with E-state index in [4.69, 9.17) is 14.2 Å². The molecule has 4 rings (SSSR count). The van der Waals surface area contributed by atoms with Crippen molar-refractivity contribution in [3.05, 3.63) is 77.1 Å². The molecule has 0 saturated carbocycles. The van der Waals surface area contributed by atoms with E-state index in [1.807, 2.05) is 23.6 Å². The zero-order valence-electron chi connectivity index (χ0n) is 18.3. The van der Waals surface area contributed by atoms with Gasteiger partial charge in [0.2, 0.25) is 0 Å². The Morgan fingerprint density at radius 3 is 2.61 bits per heavy atom. The van der Waals surface area contributed by atoms with Crippen LogP contribution < -0.4 is 24.4 Å². The number of thiophene rings is 1. The van der Waals surface area contributed by atoms with Crippen molar-refractivity contribution in [3.63, 3.8) is 0 Å². The molecule has 8 nitrogen and oxygen atoms in total. The molecule has 0 unspecified atom stereocenters. The summed E-state index contributed by atoms with van der Waals surface area (Å²) in [5, 5.41) is 1.93. The Hall–Kier alpha value is -3.50. The molecule has 1 aliphatic rings. The van der Waals surface area contributed by atoms with E-state index in [9.17, 15) is 14.4 Å². The lowest BCUT2D eigenvalue weighted by Crippen LogP contribution is -2.39. The Bertz CT molecular complexity index is 1450. The third-order valence-corrected chi connectivity index (χ3v) is 6.80. The number of thiazole rings is 1. The molecule has 33 heavy (non-hydrogen) atoms. The van der Waals surface area contributed by atoms with E-state index < -0.39 is 18.0 Å². The number of fused-ring (bicyclic) bond motifs is 1. The lowest BCUT2D eigenvalue weighted by Gasteiger charge is -2.25. The molecule has 0 fully saturated rings. The summed E-state index contributed by atoms with van der Waals surface area (Å²) in [4.78, 5) is 43.6. The van der Waals surface area contributed by atoms with Crippen molar-refractivity contribution in [2.45, 2.75) is 19.9 Å². The van der Waals surface area contributed by atoms with Gasteiger partial charge in [0.1, 0.15) is 0 Å². The van der Waals surface area contributed by atoms with Crippen molar-refractivity contribution in [3.8, 4) is 11.5 Å². The Morgan fingerprint density at radius 2 is 1.97 bits per heavy atom. The summed E-state index contributed by atoms with van der Waals surface area (Å²) in [5.74, 6) is -0.549. The molecule has 1 atom stereocenters. The predicted molar refractivity (Wildman–Crippen MR) is 124 cm³/mol. The van der Waals surface area contributed by atoms with Gasteiger partial charge in [-0.05, 0) is 42.1 Å². The summed E-state index contributed by atoms with van der Waals surface area (Å²) in [6, 6.07) is 7.93. The molecule has 3 aromatic rings. The van der Waals surface area contributed by atoms with Crippen LogP contribution in [0.25, 0.3) is 6.08 Å². The number of esters is 2. The first-order chi connectivity index (χ1) is 15.8. The van der Waals surface area contributed by atoms with Gasteiger partial charge in [0.15, 0.2) is 16.3 Å². The molecule has 170 valence electrons. The average molecular weight is 485 g/mol. The van der Waals surface area contributed by atoms with Gasteiger partial charge in [-0.2, -0.15) is 0 Å². The number of carbonyl (C=O) groups is 2. The lowest BCUT2D eigenvalue weighted by atomic mass is 9.95. The molecule has 0 radical (unpaired) electrons. The smallest absolute Gasteiger partial charge is 0.338 e. The lowest BCUT2D eigenvalue weighted by molar-refractivity contribution is -0.136. The van der Waals surface area contributed by atoms with Gasteiger partial charge in [-0.3, -0.25) is 14.2 Å². The second-order valence-electron chi connectivity index (χ2n) is 7.09. The van der Waals surface area contributed by atoms with Crippen LogP contribution in [0.3, 0.4) is 0 Å². The molecular weight excluding hydrogens is 464 g/mol. The number of methoxy groups -OCH3 is 2. The maximum Gasteiger partial charge on any atom is 0.338 e. The minimum atomic E-state index is -0.792. The van der Waals surface area contributed by atoms with Gasteiger partial charge in [0.05, 0.1) is 36.1 Å². The molecule has 1 aliphatic heterocycles. The molecule has 0 spiro atoms. The van der Waals surface area contributed by atoms with Gasteiger partial charge in [0, 0.05) is 11.8 Å². The highest BCUT2D eigenvalue weighted by molar-refractivity contribution is 7.11. The normalized spacial score (nSPS) is 15.6. The van der Waals surface area contributed by atoms with Crippen LogP contribution in [0.15, 0.2) is 56.8 Å². The minimum absolute atomic E-state index is 0.235. The molecule has 0 aliphatic carbocycles. The van der Waals surface area contributed by atoms with Gasteiger partial charge < -0.3 is 14.2 Å². The highest BCUT2D eigenvalue weighted by Crippen LogP contribution is 2.36. The second kappa shape index (κ2) is 9.16. The Kier molecular flexibility index (Phi) is 6.30. The van der Waals surface area contributed by atoms with Gasteiger partial charge in [-0.25, -0.2) is 9.79 Å². The van der Waals surface area contributed by atoms with Gasteiger partial charge >= 0.3 is 11.9 Å². The number of nitrogens with zero attached hydrogens (tertiary/aromatic N) is 2. The van der Waals surface area contributed by atoms with Crippen molar-refractivity contribution in [1.82, 2.24) is 4.57 Å². The Morgan fingerprint density at radius 1 is 1.18 bits per heavy atom. The summed E-state index contributed by atoms with van der Waals surface area (Å²) >= 11 is 2.77. The number of hydrogen-bond donors (Lipinski definition) is 0. The topological polar surface area (TPSA) is 96.2 Å². The van der Waals surface area contributed by atoms with E-state index in [1.165, 1.54) is 48.4 Å². The number of rotatable bonds is 5. The van der Waals surface area contributed by atoms with Crippen LogP contribution in [0.4, 0.5) is 0 Å². The van der Waals surface area contributed by atoms with Crippen LogP contribution in [0, 0.1) is 0 Å². The van der Waals surface area contributed by atoms with Crippen LogP contribution in [0.5, 0.6) is 11.5 Å². The monoisotopic (exact) mass is 484 g/mol. The molecule has 0 bridgehead atoms. The maximum atomic E-state index is 13.5. The SMILES string of the molecule is COC(=O)C1=C(C)N=c2s/c(=C/c3cccs3)c(=O)n2[C@H]1c1ccc(OC(C)=O)c(OC)c1. The Labute approximate surface area is 196 Å². The van der Waals surface area contributed by atoms with E-state index in [1.54, 1.807) is 25.1 Å². The number of allylic oxidation sites excluding steroid dienone is 1. The quantitative estimate of drug-likeness (QED) is 0.408. The van der Waals surface area contributed by atoms with Crippen LogP contribution in [-0.4, -0.2) is 30.7 Å². The third kappa shape index (κ3) is 4.27. The minimum Gasteiger partial charge on any atom is -0.493 e.